The molecule has 6 heteroatoms. The zero-order chi connectivity index (χ0) is 15.1. The number of primary amides is 1. The Kier molecular flexibility index (Phi) is 3.56. The van der Waals surface area contributed by atoms with E-state index in [9.17, 15) is 4.79 Å². The number of rotatable bonds is 2. The number of carbonyl (C=O) groups is 1. The topological polar surface area (TPSA) is 70.8 Å². The van der Waals surface area contributed by atoms with Gasteiger partial charge in [-0.1, -0.05) is 12.1 Å². The van der Waals surface area contributed by atoms with E-state index in [1.165, 1.54) is 0 Å². The number of hydrogen-bond donors (Lipinski definition) is 1. The highest BCUT2D eigenvalue weighted by Crippen LogP contribution is 2.37. The van der Waals surface area contributed by atoms with Crippen molar-refractivity contribution < 1.29 is 18.8 Å². The first-order valence-corrected chi connectivity index (χ1v) is 6.56. The van der Waals surface area contributed by atoms with Crippen LogP contribution in [0.4, 0.5) is 4.79 Å². The summed E-state index contributed by atoms with van der Waals surface area (Å²) in [4.78, 5) is 11.0. The second-order valence-electron chi connectivity index (χ2n) is 6.05. The van der Waals surface area contributed by atoms with Gasteiger partial charge in [-0.15, -0.1) is 0 Å². The van der Waals surface area contributed by atoms with Crippen molar-refractivity contribution in [3.63, 3.8) is 0 Å². The van der Waals surface area contributed by atoms with E-state index in [4.69, 9.17) is 19.8 Å². The standard InChI is InChI=1S/C14H20BNO4/c1-9-6-7-10(11(8-9)18-12(16)17)15-19-13(2,3)14(4,5)20-15/h6-8H,1-5H3,(H2,16,17). The monoisotopic (exact) mass is 277 g/mol. The number of hydrogen-bond acceptors (Lipinski definition) is 4. The molecule has 0 radical (unpaired) electrons. The van der Waals surface area contributed by atoms with Gasteiger partial charge in [0.05, 0.1) is 11.2 Å². The number of amides is 1. The highest BCUT2D eigenvalue weighted by Gasteiger charge is 2.52. The molecule has 0 saturated carbocycles. The van der Waals surface area contributed by atoms with Crippen LogP contribution < -0.4 is 15.9 Å². The smallest absolute Gasteiger partial charge is 0.411 e. The molecule has 1 heterocycles. The van der Waals surface area contributed by atoms with Gasteiger partial charge in [0.15, 0.2) is 0 Å². The molecular formula is C14H20BNO4. The van der Waals surface area contributed by atoms with Crippen molar-refractivity contribution in [3.8, 4) is 5.75 Å². The van der Waals surface area contributed by atoms with Crippen LogP contribution in [0.25, 0.3) is 0 Å². The van der Waals surface area contributed by atoms with Gasteiger partial charge in [-0.05, 0) is 46.2 Å². The summed E-state index contributed by atoms with van der Waals surface area (Å²) >= 11 is 0. The van der Waals surface area contributed by atoms with Gasteiger partial charge < -0.3 is 19.8 Å². The van der Waals surface area contributed by atoms with Crippen molar-refractivity contribution in [2.24, 2.45) is 5.73 Å². The highest BCUT2D eigenvalue weighted by molar-refractivity contribution is 6.63. The van der Waals surface area contributed by atoms with Gasteiger partial charge in [0.1, 0.15) is 5.75 Å². The molecule has 2 rings (SSSR count). The molecule has 0 aliphatic carbocycles. The molecule has 1 aromatic rings. The maximum absolute atomic E-state index is 11.0. The van der Waals surface area contributed by atoms with Crippen LogP contribution in [0.15, 0.2) is 18.2 Å². The summed E-state index contributed by atoms with van der Waals surface area (Å²) in [5, 5.41) is 0. The molecule has 108 valence electrons. The lowest BCUT2D eigenvalue weighted by molar-refractivity contribution is 0.00578. The van der Waals surface area contributed by atoms with Crippen molar-refractivity contribution in [2.75, 3.05) is 0 Å². The Morgan fingerprint density at radius 1 is 1.20 bits per heavy atom. The van der Waals surface area contributed by atoms with Crippen molar-refractivity contribution >= 4 is 18.7 Å². The molecule has 1 saturated heterocycles. The predicted octanol–water partition coefficient (Wildman–Crippen LogP) is 1.75. The van der Waals surface area contributed by atoms with Crippen LogP contribution in [0, 0.1) is 6.92 Å². The van der Waals surface area contributed by atoms with Gasteiger partial charge in [0.2, 0.25) is 0 Å². The van der Waals surface area contributed by atoms with Crippen LogP contribution in [-0.4, -0.2) is 24.4 Å². The maximum atomic E-state index is 11.0. The summed E-state index contributed by atoms with van der Waals surface area (Å²) in [5.74, 6) is 0.371. The van der Waals surface area contributed by atoms with Gasteiger partial charge in [-0.25, -0.2) is 4.79 Å². The average Bonchev–Trinajstić information content (AvgIpc) is 2.46. The zero-order valence-electron chi connectivity index (χ0n) is 12.5. The molecule has 20 heavy (non-hydrogen) atoms. The van der Waals surface area contributed by atoms with Gasteiger partial charge in [-0.3, -0.25) is 0 Å². The van der Waals surface area contributed by atoms with Gasteiger partial charge >= 0.3 is 13.2 Å². The predicted molar refractivity (Wildman–Crippen MR) is 77.1 cm³/mol. The molecule has 0 unspecified atom stereocenters. The number of aryl methyl sites for hydroxylation is 1. The summed E-state index contributed by atoms with van der Waals surface area (Å²) in [7, 11) is -0.588. The molecular weight excluding hydrogens is 257 g/mol. The molecule has 2 N–H and O–H groups in total. The lowest BCUT2D eigenvalue weighted by Crippen LogP contribution is -2.41. The molecule has 5 nitrogen and oxygen atoms in total. The maximum Gasteiger partial charge on any atom is 0.498 e. The molecule has 1 aliphatic rings. The fourth-order valence-electron chi connectivity index (χ4n) is 2.00. The minimum Gasteiger partial charge on any atom is -0.411 e. The van der Waals surface area contributed by atoms with E-state index in [0.29, 0.717) is 11.2 Å². The third-order valence-electron chi connectivity index (χ3n) is 3.89. The largest absolute Gasteiger partial charge is 0.498 e. The van der Waals surface area contributed by atoms with Crippen molar-refractivity contribution in [2.45, 2.75) is 45.8 Å². The van der Waals surface area contributed by atoms with Crippen LogP contribution in [0.3, 0.4) is 0 Å². The van der Waals surface area contributed by atoms with E-state index in [0.717, 1.165) is 5.56 Å². The second-order valence-corrected chi connectivity index (χ2v) is 6.05. The Balaban J connectivity index is 2.37. The average molecular weight is 277 g/mol. The minimum atomic E-state index is -0.853. The van der Waals surface area contributed by atoms with Crippen LogP contribution >= 0.6 is 0 Å². The van der Waals surface area contributed by atoms with E-state index >= 15 is 0 Å². The molecule has 1 aliphatic heterocycles. The molecule has 0 aromatic heterocycles. The fourth-order valence-corrected chi connectivity index (χ4v) is 2.00. The summed E-state index contributed by atoms with van der Waals surface area (Å²) in [6, 6.07) is 5.48. The number of ether oxygens (including phenoxy) is 1. The van der Waals surface area contributed by atoms with Gasteiger partial charge in [0.25, 0.3) is 0 Å². The first kappa shape index (κ1) is 14.9. The number of nitrogens with two attached hydrogens (primary N) is 1. The van der Waals surface area contributed by atoms with Crippen LogP contribution in [0.5, 0.6) is 5.75 Å². The van der Waals surface area contributed by atoms with E-state index in [1.54, 1.807) is 6.07 Å². The van der Waals surface area contributed by atoms with Gasteiger partial charge in [-0.2, -0.15) is 0 Å². The summed E-state index contributed by atoms with van der Waals surface area (Å²) in [6.07, 6.45) is -0.853. The normalized spacial score (nSPS) is 19.9. The Labute approximate surface area is 119 Å². The lowest BCUT2D eigenvalue weighted by atomic mass is 9.78. The summed E-state index contributed by atoms with van der Waals surface area (Å²) in [5.41, 5.74) is 5.82. The third-order valence-corrected chi connectivity index (χ3v) is 3.89. The number of carbonyl (C=O) groups excluding carboxylic acids is 1. The number of benzene rings is 1. The summed E-state index contributed by atoms with van der Waals surface area (Å²) < 4.78 is 17.0. The van der Waals surface area contributed by atoms with E-state index in [2.05, 4.69) is 0 Å². The Bertz CT molecular complexity index is 526. The first-order chi connectivity index (χ1) is 9.12. The van der Waals surface area contributed by atoms with Crippen LogP contribution in [-0.2, 0) is 9.31 Å². The Morgan fingerprint density at radius 2 is 1.75 bits per heavy atom. The van der Waals surface area contributed by atoms with E-state index in [-0.39, 0.29) is 0 Å². The third kappa shape index (κ3) is 2.67. The molecule has 1 aromatic carbocycles. The molecule has 1 amide bonds. The van der Waals surface area contributed by atoms with Crippen molar-refractivity contribution in [1.29, 1.82) is 0 Å². The quantitative estimate of drug-likeness (QED) is 0.836. The van der Waals surface area contributed by atoms with E-state index in [1.807, 2.05) is 46.8 Å². The van der Waals surface area contributed by atoms with E-state index < -0.39 is 24.4 Å². The Hall–Kier alpha value is -1.53. The fraction of sp³-hybridized carbons (Fsp3) is 0.500. The van der Waals surface area contributed by atoms with Crippen molar-refractivity contribution in [3.05, 3.63) is 23.8 Å². The zero-order valence-corrected chi connectivity index (χ0v) is 12.5. The Morgan fingerprint density at radius 3 is 2.25 bits per heavy atom. The molecule has 0 atom stereocenters. The van der Waals surface area contributed by atoms with Crippen LogP contribution in [0.1, 0.15) is 33.3 Å². The molecule has 0 spiro atoms. The second kappa shape index (κ2) is 4.79. The minimum absolute atomic E-state index is 0.371. The van der Waals surface area contributed by atoms with Gasteiger partial charge in [0, 0.05) is 5.46 Å². The van der Waals surface area contributed by atoms with Crippen LogP contribution in [0.2, 0.25) is 0 Å². The van der Waals surface area contributed by atoms with Crippen molar-refractivity contribution in [1.82, 2.24) is 0 Å². The first-order valence-electron chi connectivity index (χ1n) is 6.56. The summed E-state index contributed by atoms with van der Waals surface area (Å²) in [6.45, 7) is 9.78. The lowest BCUT2D eigenvalue weighted by Gasteiger charge is -2.32. The molecule has 0 bridgehead atoms. The SMILES string of the molecule is Cc1ccc(B2OC(C)(C)C(C)(C)O2)c(OC(N)=O)c1. The highest BCUT2D eigenvalue weighted by atomic mass is 16.7. The molecule has 1 fully saturated rings.